The number of hydrogen-bond donors (Lipinski definition) is 0. The van der Waals surface area contributed by atoms with E-state index in [2.05, 4.69) is 0 Å². The first kappa shape index (κ1) is 18.0. The zero-order valence-electron chi connectivity index (χ0n) is 14.1. The van der Waals surface area contributed by atoms with E-state index in [0.29, 0.717) is 14.7 Å². The average Bonchev–Trinajstić information content (AvgIpc) is 2.69. The van der Waals surface area contributed by atoms with Gasteiger partial charge in [0.1, 0.15) is 17.7 Å². The summed E-state index contributed by atoms with van der Waals surface area (Å²) in [5.74, 6) is -0.620. The molecule has 0 atom stereocenters. The average molecular weight is 407 g/mol. The Morgan fingerprint density at radius 1 is 0.852 bits per heavy atom. The van der Waals surface area contributed by atoms with Crippen molar-refractivity contribution in [1.82, 2.24) is 0 Å². The third-order valence-corrected chi connectivity index (χ3v) is 7.91. The van der Waals surface area contributed by atoms with Gasteiger partial charge in [0.15, 0.2) is 5.82 Å². The summed E-state index contributed by atoms with van der Waals surface area (Å²) < 4.78 is 15.2. The van der Waals surface area contributed by atoms with E-state index in [1.54, 1.807) is 0 Å². The van der Waals surface area contributed by atoms with Crippen LogP contribution in [0.3, 0.4) is 0 Å². The molecule has 0 aliphatic carbocycles. The van der Waals surface area contributed by atoms with Gasteiger partial charge in [0.2, 0.25) is 0 Å². The Morgan fingerprint density at radius 3 is 2.04 bits per heavy atom. The van der Waals surface area contributed by atoms with Gasteiger partial charge >= 0.3 is 0 Å². The maximum absolute atomic E-state index is 15.2. The molecule has 1 aliphatic rings. The minimum absolute atomic E-state index is 0.116. The van der Waals surface area contributed by atoms with Gasteiger partial charge in [-0.1, -0.05) is 65.1 Å². The fourth-order valence-corrected chi connectivity index (χ4v) is 6.31. The van der Waals surface area contributed by atoms with E-state index >= 15 is 4.39 Å². The molecule has 2 nitrogen and oxygen atoms in total. The molecule has 0 aromatic heterocycles. The largest absolute Gasteiger partial charge is 0.204 e. The molecule has 0 saturated carbocycles. The van der Waals surface area contributed by atoms with Crippen LogP contribution in [0.2, 0.25) is 0 Å². The molecule has 0 unspecified atom stereocenters. The molecule has 0 saturated heterocycles. The van der Waals surface area contributed by atoms with Crippen molar-refractivity contribution in [2.75, 3.05) is 0 Å². The van der Waals surface area contributed by atoms with Crippen molar-refractivity contribution in [3.05, 3.63) is 71.0 Å². The summed E-state index contributed by atoms with van der Waals surface area (Å²) in [5, 5.41) is 19.1. The summed E-state index contributed by atoms with van der Waals surface area (Å²) >= 11 is 4.17. The van der Waals surface area contributed by atoms with Crippen LogP contribution >= 0.6 is 35.3 Å². The van der Waals surface area contributed by atoms with Crippen LogP contribution in [-0.2, 0) is 0 Å². The maximum Gasteiger partial charge on any atom is 0.157 e. The van der Waals surface area contributed by atoms with Crippen molar-refractivity contribution in [1.29, 1.82) is 10.5 Å². The van der Waals surface area contributed by atoms with E-state index in [-0.39, 0.29) is 11.1 Å². The second-order valence-corrected chi connectivity index (χ2v) is 9.03. The van der Waals surface area contributed by atoms with Gasteiger partial charge in [0, 0.05) is 24.5 Å². The van der Waals surface area contributed by atoms with Crippen LogP contribution in [0.4, 0.5) is 4.39 Å². The number of halogens is 1. The Bertz CT molecular complexity index is 1140. The van der Waals surface area contributed by atoms with Gasteiger partial charge in [-0.05, 0) is 31.2 Å². The van der Waals surface area contributed by atoms with E-state index in [1.807, 2.05) is 67.6 Å². The zero-order valence-corrected chi connectivity index (χ0v) is 16.6. The molecule has 6 heteroatoms. The Hall–Kier alpha value is -2.38. The summed E-state index contributed by atoms with van der Waals surface area (Å²) in [6.07, 6.45) is 0. The molecular formula is C21H11FN2S3. The summed E-state index contributed by atoms with van der Waals surface area (Å²) in [6.45, 7) is 2.00. The van der Waals surface area contributed by atoms with Gasteiger partial charge in [-0.3, -0.25) is 0 Å². The maximum atomic E-state index is 15.2. The van der Waals surface area contributed by atoms with E-state index in [9.17, 15) is 10.5 Å². The highest BCUT2D eigenvalue weighted by Gasteiger charge is 2.29. The predicted octanol–water partition coefficient (Wildman–Crippen LogP) is 6.64. The zero-order chi connectivity index (χ0) is 19.0. The quantitative estimate of drug-likeness (QED) is 0.373. The van der Waals surface area contributed by atoms with Crippen LogP contribution in [0.1, 0.15) is 16.7 Å². The molecule has 1 aliphatic heterocycles. The van der Waals surface area contributed by atoms with Crippen LogP contribution < -0.4 is 0 Å². The minimum Gasteiger partial charge on any atom is -0.204 e. The van der Waals surface area contributed by atoms with E-state index in [1.165, 1.54) is 35.3 Å². The van der Waals surface area contributed by atoms with Crippen LogP contribution in [0.25, 0.3) is 0 Å². The standard InChI is InChI=1S/C21H11FN2S3/c1-12-6-8-13(9-7-12)25-20-18(22)14(10-23)15(11-24)19-21(20)27-17-5-3-2-4-16(17)26-19/h2-9H,1H3. The third-order valence-electron chi connectivity index (χ3n) is 4.05. The van der Waals surface area contributed by atoms with Gasteiger partial charge in [-0.15, -0.1) is 0 Å². The van der Waals surface area contributed by atoms with Gasteiger partial charge < -0.3 is 0 Å². The van der Waals surface area contributed by atoms with Crippen molar-refractivity contribution in [3.63, 3.8) is 0 Å². The molecule has 0 spiro atoms. The lowest BCUT2D eigenvalue weighted by Gasteiger charge is -2.23. The lowest BCUT2D eigenvalue weighted by atomic mass is 10.1. The van der Waals surface area contributed by atoms with E-state index in [0.717, 1.165) is 20.2 Å². The van der Waals surface area contributed by atoms with Crippen LogP contribution in [-0.4, -0.2) is 0 Å². The van der Waals surface area contributed by atoms with E-state index < -0.39 is 5.82 Å². The van der Waals surface area contributed by atoms with Gasteiger partial charge in [0.05, 0.1) is 10.5 Å². The molecule has 3 aromatic rings. The van der Waals surface area contributed by atoms with Crippen LogP contribution in [0.15, 0.2) is 77.9 Å². The first-order valence-electron chi connectivity index (χ1n) is 8.01. The second kappa shape index (κ2) is 7.32. The van der Waals surface area contributed by atoms with E-state index in [4.69, 9.17) is 0 Å². The number of fused-ring (bicyclic) bond motifs is 2. The van der Waals surface area contributed by atoms with Gasteiger partial charge in [-0.25, -0.2) is 4.39 Å². The first-order valence-corrected chi connectivity index (χ1v) is 10.5. The molecular weight excluding hydrogens is 395 g/mol. The summed E-state index contributed by atoms with van der Waals surface area (Å²) in [7, 11) is 0. The Balaban J connectivity index is 1.93. The Morgan fingerprint density at radius 2 is 1.44 bits per heavy atom. The number of hydrogen-bond acceptors (Lipinski definition) is 5. The molecule has 0 fully saturated rings. The first-order chi connectivity index (χ1) is 13.1. The SMILES string of the molecule is Cc1ccc(Sc2c(F)c(C#N)c(C#N)c3c2Sc2ccccc2S3)cc1. The van der Waals surface area contributed by atoms with Crippen molar-refractivity contribution in [3.8, 4) is 12.1 Å². The van der Waals surface area contributed by atoms with Gasteiger partial charge in [0.25, 0.3) is 0 Å². The monoisotopic (exact) mass is 406 g/mol. The lowest BCUT2D eigenvalue weighted by molar-refractivity contribution is 0.585. The summed E-state index contributed by atoms with van der Waals surface area (Å²) in [5.41, 5.74) is 1.06. The molecule has 0 radical (unpaired) electrons. The topological polar surface area (TPSA) is 47.6 Å². The number of rotatable bonds is 2. The number of nitrogens with zero attached hydrogens (tertiary/aromatic N) is 2. The molecule has 27 heavy (non-hydrogen) atoms. The van der Waals surface area contributed by atoms with Crippen LogP contribution in [0.5, 0.6) is 0 Å². The highest BCUT2D eigenvalue weighted by Crippen LogP contribution is 2.54. The van der Waals surface area contributed by atoms with Crippen molar-refractivity contribution < 1.29 is 4.39 Å². The fraction of sp³-hybridized carbons (Fsp3) is 0.0476. The van der Waals surface area contributed by atoms with Crippen LogP contribution in [0, 0.1) is 35.4 Å². The summed E-state index contributed by atoms with van der Waals surface area (Å²) in [4.78, 5) is 4.68. The molecule has 3 aromatic carbocycles. The number of benzene rings is 3. The number of nitriles is 2. The highest BCUT2D eigenvalue weighted by molar-refractivity contribution is 8.06. The van der Waals surface area contributed by atoms with Crippen molar-refractivity contribution in [2.24, 2.45) is 0 Å². The van der Waals surface area contributed by atoms with Gasteiger partial charge in [-0.2, -0.15) is 10.5 Å². The number of aryl methyl sites for hydroxylation is 1. The van der Waals surface area contributed by atoms with Crippen molar-refractivity contribution in [2.45, 2.75) is 36.3 Å². The highest BCUT2D eigenvalue weighted by atomic mass is 32.2. The second-order valence-electron chi connectivity index (χ2n) is 5.84. The molecule has 0 amide bonds. The molecule has 0 bridgehead atoms. The predicted molar refractivity (Wildman–Crippen MR) is 106 cm³/mol. The molecule has 4 rings (SSSR count). The normalized spacial score (nSPS) is 11.9. The Kier molecular flexibility index (Phi) is 4.88. The Labute approximate surface area is 169 Å². The molecule has 1 heterocycles. The molecule has 0 N–H and O–H groups in total. The fourth-order valence-electron chi connectivity index (χ4n) is 2.71. The molecule has 130 valence electrons. The minimum atomic E-state index is -0.620. The third kappa shape index (κ3) is 3.21. The smallest absolute Gasteiger partial charge is 0.157 e. The summed E-state index contributed by atoms with van der Waals surface area (Å²) in [6, 6.07) is 19.6. The lowest BCUT2D eigenvalue weighted by Crippen LogP contribution is -2.02. The van der Waals surface area contributed by atoms with Crippen molar-refractivity contribution >= 4 is 35.3 Å².